The van der Waals surface area contributed by atoms with E-state index in [1.165, 1.54) is 0 Å². The molecule has 0 spiro atoms. The smallest absolute Gasteiger partial charge is 0.230 e. The van der Waals surface area contributed by atoms with Crippen LogP contribution < -0.4 is 5.32 Å². The van der Waals surface area contributed by atoms with Crippen molar-refractivity contribution in [2.24, 2.45) is 5.41 Å². The first-order valence-corrected chi connectivity index (χ1v) is 7.36. The van der Waals surface area contributed by atoms with Gasteiger partial charge in [0.2, 0.25) is 5.91 Å². The number of carbonyl (C=O) groups excluding carboxylic acids is 1. The molecular weight excluding hydrogens is 250 g/mol. The predicted molar refractivity (Wildman–Crippen MR) is 80.6 cm³/mol. The molecule has 1 saturated heterocycles. The molecule has 2 rings (SSSR count). The first kappa shape index (κ1) is 15.0. The quantitative estimate of drug-likeness (QED) is 0.921. The second-order valence-corrected chi connectivity index (χ2v) is 6.80. The van der Waals surface area contributed by atoms with Gasteiger partial charge in [-0.25, -0.2) is 0 Å². The van der Waals surface area contributed by atoms with E-state index in [0.29, 0.717) is 19.8 Å². The van der Waals surface area contributed by atoms with Crippen molar-refractivity contribution in [3.63, 3.8) is 0 Å². The van der Waals surface area contributed by atoms with Crippen molar-refractivity contribution in [1.29, 1.82) is 0 Å². The van der Waals surface area contributed by atoms with E-state index in [-0.39, 0.29) is 11.3 Å². The Labute approximate surface area is 121 Å². The molecule has 20 heavy (non-hydrogen) atoms. The number of hydrogen-bond donors (Lipinski definition) is 1. The Bertz CT molecular complexity index is 442. The number of hydrogen-bond acceptors (Lipinski definition) is 2. The van der Waals surface area contributed by atoms with Gasteiger partial charge in [-0.15, -0.1) is 0 Å². The first-order valence-electron chi connectivity index (χ1n) is 7.36. The summed E-state index contributed by atoms with van der Waals surface area (Å²) in [6, 6.07) is 10.1. The third-order valence-electron chi connectivity index (χ3n) is 3.89. The van der Waals surface area contributed by atoms with Crippen molar-refractivity contribution in [3.05, 3.63) is 35.9 Å². The fraction of sp³-hybridized carbons (Fsp3) is 0.588. The molecule has 1 amide bonds. The molecule has 3 nitrogen and oxygen atoms in total. The van der Waals surface area contributed by atoms with Gasteiger partial charge in [0.1, 0.15) is 0 Å². The molecule has 1 aliphatic rings. The van der Waals surface area contributed by atoms with Crippen LogP contribution in [0.25, 0.3) is 0 Å². The van der Waals surface area contributed by atoms with Crippen LogP contribution in [0.1, 0.15) is 39.2 Å². The highest BCUT2D eigenvalue weighted by Crippen LogP contribution is 2.35. The molecule has 1 aromatic carbocycles. The van der Waals surface area contributed by atoms with Crippen molar-refractivity contribution in [2.45, 2.75) is 39.0 Å². The van der Waals surface area contributed by atoms with Gasteiger partial charge in [-0.2, -0.15) is 0 Å². The lowest BCUT2D eigenvalue weighted by molar-refractivity contribution is -0.130. The van der Waals surface area contributed by atoms with Crippen LogP contribution >= 0.6 is 0 Å². The van der Waals surface area contributed by atoms with Crippen LogP contribution in [0.3, 0.4) is 0 Å². The standard InChI is InChI=1S/C17H25NO2/c1-16(2,3)13-18-15(19)17(9-11-20-12-10-17)14-7-5-4-6-8-14/h4-8H,9-13H2,1-3H3,(H,18,19). The van der Waals surface area contributed by atoms with Crippen molar-refractivity contribution in [2.75, 3.05) is 19.8 Å². The average molecular weight is 275 g/mol. The van der Waals surface area contributed by atoms with Gasteiger partial charge < -0.3 is 10.1 Å². The van der Waals surface area contributed by atoms with E-state index in [4.69, 9.17) is 4.74 Å². The topological polar surface area (TPSA) is 38.3 Å². The molecule has 0 unspecified atom stereocenters. The van der Waals surface area contributed by atoms with Gasteiger partial charge in [-0.3, -0.25) is 4.79 Å². The van der Waals surface area contributed by atoms with Gasteiger partial charge in [0.05, 0.1) is 5.41 Å². The van der Waals surface area contributed by atoms with E-state index in [0.717, 1.165) is 18.4 Å². The van der Waals surface area contributed by atoms with Gasteiger partial charge in [-0.05, 0) is 23.8 Å². The van der Waals surface area contributed by atoms with Crippen molar-refractivity contribution in [3.8, 4) is 0 Å². The number of rotatable bonds is 3. The van der Waals surface area contributed by atoms with E-state index in [9.17, 15) is 4.79 Å². The van der Waals surface area contributed by atoms with Gasteiger partial charge in [0, 0.05) is 19.8 Å². The van der Waals surface area contributed by atoms with E-state index in [2.05, 4.69) is 38.2 Å². The molecule has 0 atom stereocenters. The molecule has 0 aromatic heterocycles. The summed E-state index contributed by atoms with van der Waals surface area (Å²) in [4.78, 5) is 12.8. The zero-order chi connectivity index (χ0) is 14.6. The maximum atomic E-state index is 12.8. The fourth-order valence-electron chi connectivity index (χ4n) is 2.64. The van der Waals surface area contributed by atoms with Crippen LogP contribution in [0.5, 0.6) is 0 Å². The molecule has 0 aliphatic carbocycles. The summed E-state index contributed by atoms with van der Waals surface area (Å²) in [6.45, 7) is 8.39. The summed E-state index contributed by atoms with van der Waals surface area (Å²) >= 11 is 0. The van der Waals surface area contributed by atoms with Crippen LogP contribution in [-0.2, 0) is 14.9 Å². The Morgan fingerprint density at radius 1 is 1.20 bits per heavy atom. The van der Waals surface area contributed by atoms with Crippen LogP contribution in [-0.4, -0.2) is 25.7 Å². The van der Waals surface area contributed by atoms with E-state index < -0.39 is 5.41 Å². The van der Waals surface area contributed by atoms with E-state index in [1.54, 1.807) is 0 Å². The summed E-state index contributed by atoms with van der Waals surface area (Å²) in [6.07, 6.45) is 1.51. The zero-order valence-corrected chi connectivity index (χ0v) is 12.7. The maximum absolute atomic E-state index is 12.8. The van der Waals surface area contributed by atoms with Crippen molar-refractivity contribution in [1.82, 2.24) is 5.32 Å². The Kier molecular flexibility index (Phi) is 4.48. The molecule has 1 N–H and O–H groups in total. The molecule has 1 fully saturated rings. The minimum absolute atomic E-state index is 0.0959. The second-order valence-electron chi connectivity index (χ2n) is 6.80. The number of carbonyl (C=O) groups is 1. The van der Waals surface area contributed by atoms with Crippen molar-refractivity contribution < 1.29 is 9.53 Å². The lowest BCUT2D eigenvalue weighted by Gasteiger charge is -2.37. The highest BCUT2D eigenvalue weighted by atomic mass is 16.5. The highest BCUT2D eigenvalue weighted by Gasteiger charge is 2.41. The largest absolute Gasteiger partial charge is 0.381 e. The maximum Gasteiger partial charge on any atom is 0.230 e. The van der Waals surface area contributed by atoms with E-state index >= 15 is 0 Å². The normalized spacial score (nSPS) is 18.6. The molecule has 1 aromatic rings. The lowest BCUT2D eigenvalue weighted by Crippen LogP contribution is -2.49. The molecule has 1 heterocycles. The van der Waals surface area contributed by atoms with Crippen LogP contribution in [0, 0.1) is 5.41 Å². The molecule has 0 bridgehead atoms. The SMILES string of the molecule is CC(C)(C)CNC(=O)C1(c2ccccc2)CCOCC1. The fourth-order valence-corrected chi connectivity index (χ4v) is 2.64. The summed E-state index contributed by atoms with van der Waals surface area (Å²) < 4.78 is 5.46. The van der Waals surface area contributed by atoms with Crippen molar-refractivity contribution >= 4 is 5.91 Å². The van der Waals surface area contributed by atoms with E-state index in [1.807, 2.05) is 18.2 Å². The van der Waals surface area contributed by atoms with Crippen LogP contribution in [0.15, 0.2) is 30.3 Å². The minimum Gasteiger partial charge on any atom is -0.381 e. The third kappa shape index (κ3) is 3.40. The van der Waals surface area contributed by atoms with Gasteiger partial charge in [0.25, 0.3) is 0 Å². The average Bonchev–Trinajstić information content (AvgIpc) is 2.45. The molecule has 0 radical (unpaired) electrons. The first-order chi connectivity index (χ1) is 9.44. The molecule has 3 heteroatoms. The Hall–Kier alpha value is -1.35. The summed E-state index contributed by atoms with van der Waals surface area (Å²) in [5, 5.41) is 3.14. The van der Waals surface area contributed by atoms with Gasteiger partial charge in [0.15, 0.2) is 0 Å². The monoisotopic (exact) mass is 275 g/mol. The molecule has 1 aliphatic heterocycles. The Morgan fingerprint density at radius 3 is 2.35 bits per heavy atom. The summed E-state index contributed by atoms with van der Waals surface area (Å²) in [5.41, 5.74) is 0.776. The zero-order valence-electron chi connectivity index (χ0n) is 12.7. The minimum atomic E-state index is -0.426. The molecule has 110 valence electrons. The van der Waals surface area contributed by atoms with Gasteiger partial charge in [-0.1, -0.05) is 51.1 Å². The molecular formula is C17H25NO2. The predicted octanol–water partition coefficient (Wildman–Crippen LogP) is 2.90. The van der Waals surface area contributed by atoms with Crippen LogP contribution in [0.2, 0.25) is 0 Å². The summed E-state index contributed by atoms with van der Waals surface area (Å²) in [5.74, 6) is 0.141. The Balaban J connectivity index is 2.21. The molecule has 0 saturated carbocycles. The Morgan fingerprint density at radius 2 is 1.80 bits per heavy atom. The number of amides is 1. The number of nitrogens with one attached hydrogen (secondary N) is 1. The van der Waals surface area contributed by atoms with Crippen LogP contribution in [0.4, 0.5) is 0 Å². The third-order valence-corrected chi connectivity index (χ3v) is 3.89. The summed E-state index contributed by atoms with van der Waals surface area (Å²) in [7, 11) is 0. The second kappa shape index (κ2) is 5.96. The number of ether oxygens (including phenoxy) is 1. The lowest BCUT2D eigenvalue weighted by atomic mass is 9.73. The highest BCUT2D eigenvalue weighted by molar-refractivity contribution is 5.88. The van der Waals surface area contributed by atoms with Gasteiger partial charge >= 0.3 is 0 Å². The number of benzene rings is 1.